The molecule has 24 heavy (non-hydrogen) atoms. The topological polar surface area (TPSA) is 101 Å². The molecule has 0 aromatic carbocycles. The molecule has 0 saturated carbocycles. The Bertz CT molecular complexity index is 723. The number of likely N-dealkylation sites (tertiary alicyclic amines) is 1. The van der Waals surface area contributed by atoms with Crippen molar-refractivity contribution in [2.75, 3.05) is 13.1 Å². The summed E-state index contributed by atoms with van der Waals surface area (Å²) in [5.74, 6) is -0.304. The summed E-state index contributed by atoms with van der Waals surface area (Å²) in [7, 11) is 0. The van der Waals surface area contributed by atoms with E-state index in [0.717, 1.165) is 5.56 Å². The minimum Gasteiger partial charge on any atom is -0.479 e. The average Bonchev–Trinajstić information content (AvgIpc) is 3.21. The highest BCUT2D eigenvalue weighted by molar-refractivity contribution is 5.81. The molecule has 128 valence electrons. The van der Waals surface area contributed by atoms with Gasteiger partial charge in [-0.2, -0.15) is 5.10 Å². The molecule has 3 heterocycles. The van der Waals surface area contributed by atoms with Gasteiger partial charge in [0.25, 0.3) is 0 Å². The number of carboxylic acid groups (broad SMARTS) is 1. The van der Waals surface area contributed by atoms with Crippen LogP contribution in [0.3, 0.4) is 0 Å². The van der Waals surface area contributed by atoms with Crippen LogP contribution < -0.4 is 0 Å². The highest BCUT2D eigenvalue weighted by atomic mass is 16.5. The number of carboxylic acids is 1. The molecule has 3 rings (SSSR count). The first-order valence-electron chi connectivity index (χ1n) is 7.87. The van der Waals surface area contributed by atoms with E-state index >= 15 is 0 Å². The Kier molecular flexibility index (Phi) is 4.13. The number of hydrogen-bond acceptors (Lipinski definition) is 5. The van der Waals surface area contributed by atoms with E-state index in [1.54, 1.807) is 30.3 Å². The van der Waals surface area contributed by atoms with Crippen molar-refractivity contribution in [3.8, 4) is 0 Å². The molecule has 0 atom stereocenters. The molecule has 1 fully saturated rings. The minimum atomic E-state index is -1.08. The van der Waals surface area contributed by atoms with Gasteiger partial charge in [-0.15, -0.1) is 0 Å². The zero-order chi connectivity index (χ0) is 17.3. The van der Waals surface area contributed by atoms with Crippen molar-refractivity contribution >= 4 is 11.9 Å². The van der Waals surface area contributed by atoms with Gasteiger partial charge in [-0.1, -0.05) is 5.16 Å². The monoisotopic (exact) mass is 332 g/mol. The van der Waals surface area contributed by atoms with E-state index in [-0.39, 0.29) is 12.3 Å². The quantitative estimate of drug-likeness (QED) is 0.900. The van der Waals surface area contributed by atoms with Gasteiger partial charge in [0.1, 0.15) is 5.76 Å². The van der Waals surface area contributed by atoms with E-state index in [1.165, 1.54) is 4.68 Å². The zero-order valence-corrected chi connectivity index (χ0v) is 13.7. The standard InChI is InChI=1S/C16H20N4O4/c1-11-13(12(2)24-18-11)10-14(21)19-8-4-16(5-9-19,15(22)23)20-7-3-6-17-20/h3,6-7H,4-5,8-10H2,1-2H3,(H,22,23). The van der Waals surface area contributed by atoms with Crippen LogP contribution >= 0.6 is 0 Å². The van der Waals surface area contributed by atoms with Crippen LogP contribution in [-0.2, 0) is 21.5 Å². The second kappa shape index (κ2) is 6.10. The molecule has 0 aliphatic carbocycles. The first-order chi connectivity index (χ1) is 11.4. The van der Waals surface area contributed by atoms with Crippen LogP contribution in [0.4, 0.5) is 0 Å². The second-order valence-electron chi connectivity index (χ2n) is 6.15. The maximum atomic E-state index is 12.5. The fraction of sp³-hybridized carbons (Fsp3) is 0.500. The smallest absolute Gasteiger partial charge is 0.331 e. The Morgan fingerprint density at radius 1 is 1.33 bits per heavy atom. The van der Waals surface area contributed by atoms with Gasteiger partial charge in [0, 0.05) is 43.9 Å². The summed E-state index contributed by atoms with van der Waals surface area (Å²) in [5.41, 5.74) is 0.444. The predicted octanol–water partition coefficient (Wildman–Crippen LogP) is 1.13. The largest absolute Gasteiger partial charge is 0.479 e. The van der Waals surface area contributed by atoms with Crippen LogP contribution in [0.2, 0.25) is 0 Å². The molecule has 0 spiro atoms. The first kappa shape index (κ1) is 16.2. The number of carbonyl (C=O) groups excluding carboxylic acids is 1. The Morgan fingerprint density at radius 3 is 2.54 bits per heavy atom. The summed E-state index contributed by atoms with van der Waals surface area (Å²) in [5, 5.41) is 17.6. The molecule has 0 radical (unpaired) electrons. The average molecular weight is 332 g/mol. The van der Waals surface area contributed by atoms with Crippen molar-refractivity contribution < 1.29 is 19.2 Å². The molecule has 8 heteroatoms. The number of aryl methyl sites for hydroxylation is 2. The van der Waals surface area contributed by atoms with Crippen molar-refractivity contribution in [3.63, 3.8) is 0 Å². The van der Waals surface area contributed by atoms with Crippen molar-refractivity contribution in [2.24, 2.45) is 0 Å². The number of rotatable bonds is 4. The fourth-order valence-corrected chi connectivity index (χ4v) is 3.21. The number of hydrogen-bond donors (Lipinski definition) is 1. The molecule has 8 nitrogen and oxygen atoms in total. The molecule has 1 aliphatic rings. The van der Waals surface area contributed by atoms with Crippen molar-refractivity contribution in [3.05, 3.63) is 35.5 Å². The summed E-state index contributed by atoms with van der Waals surface area (Å²) >= 11 is 0. The Balaban J connectivity index is 1.70. The van der Waals surface area contributed by atoms with Gasteiger partial charge in [0.2, 0.25) is 5.91 Å². The van der Waals surface area contributed by atoms with Gasteiger partial charge >= 0.3 is 5.97 Å². The SMILES string of the molecule is Cc1noc(C)c1CC(=O)N1CCC(C(=O)O)(n2cccn2)CC1. The van der Waals surface area contributed by atoms with E-state index in [2.05, 4.69) is 10.3 Å². The normalized spacial score (nSPS) is 17.0. The van der Waals surface area contributed by atoms with E-state index in [0.29, 0.717) is 37.4 Å². The lowest BCUT2D eigenvalue weighted by Crippen LogP contribution is -2.52. The lowest BCUT2D eigenvalue weighted by molar-refractivity contribution is -0.153. The summed E-state index contributed by atoms with van der Waals surface area (Å²) in [6.07, 6.45) is 4.12. The van der Waals surface area contributed by atoms with Crippen molar-refractivity contribution in [2.45, 2.75) is 38.6 Å². The highest BCUT2D eigenvalue weighted by Crippen LogP contribution is 2.30. The summed E-state index contributed by atoms with van der Waals surface area (Å²) in [6, 6.07) is 1.71. The number of carbonyl (C=O) groups is 2. The molecule has 2 aromatic heterocycles. The second-order valence-corrected chi connectivity index (χ2v) is 6.15. The molecule has 1 aliphatic heterocycles. The van der Waals surface area contributed by atoms with Crippen LogP contribution in [0.15, 0.2) is 23.0 Å². The third kappa shape index (κ3) is 2.68. The van der Waals surface area contributed by atoms with E-state index in [4.69, 9.17) is 4.52 Å². The van der Waals surface area contributed by atoms with Gasteiger partial charge < -0.3 is 14.5 Å². The Hall–Kier alpha value is -2.64. The zero-order valence-electron chi connectivity index (χ0n) is 13.7. The number of nitrogens with zero attached hydrogens (tertiary/aromatic N) is 4. The maximum absolute atomic E-state index is 12.5. The van der Waals surface area contributed by atoms with Gasteiger partial charge in [-0.3, -0.25) is 9.48 Å². The van der Waals surface area contributed by atoms with Gasteiger partial charge in [0.05, 0.1) is 12.1 Å². The van der Waals surface area contributed by atoms with Gasteiger partial charge in [-0.05, 0) is 19.9 Å². The molecule has 2 aromatic rings. The summed E-state index contributed by atoms with van der Waals surface area (Å²) in [6.45, 7) is 4.36. The fourth-order valence-electron chi connectivity index (χ4n) is 3.21. The molecule has 0 bridgehead atoms. The van der Waals surface area contributed by atoms with Crippen LogP contribution in [-0.4, -0.2) is 49.9 Å². The highest BCUT2D eigenvalue weighted by Gasteiger charge is 2.44. The van der Waals surface area contributed by atoms with E-state index in [9.17, 15) is 14.7 Å². The maximum Gasteiger partial charge on any atom is 0.331 e. The van der Waals surface area contributed by atoms with Crippen LogP contribution in [0.5, 0.6) is 0 Å². The third-order valence-corrected chi connectivity index (χ3v) is 4.79. The molecule has 1 N–H and O–H groups in total. The number of piperidine rings is 1. The molecular formula is C16H20N4O4. The van der Waals surface area contributed by atoms with Crippen LogP contribution in [0, 0.1) is 13.8 Å². The van der Waals surface area contributed by atoms with Gasteiger partial charge in [-0.25, -0.2) is 4.79 Å². The Morgan fingerprint density at radius 2 is 2.04 bits per heavy atom. The number of aromatic nitrogens is 3. The summed E-state index contributed by atoms with van der Waals surface area (Å²) < 4.78 is 6.58. The first-order valence-corrected chi connectivity index (χ1v) is 7.87. The minimum absolute atomic E-state index is 0.0381. The number of amides is 1. The van der Waals surface area contributed by atoms with Crippen molar-refractivity contribution in [1.82, 2.24) is 19.8 Å². The molecule has 1 amide bonds. The molecular weight excluding hydrogens is 312 g/mol. The van der Waals surface area contributed by atoms with E-state index in [1.807, 2.05) is 6.92 Å². The lowest BCUT2D eigenvalue weighted by atomic mass is 9.87. The predicted molar refractivity (Wildman–Crippen MR) is 83.3 cm³/mol. The van der Waals surface area contributed by atoms with Crippen LogP contribution in [0.1, 0.15) is 29.9 Å². The molecule has 1 saturated heterocycles. The molecule has 0 unspecified atom stereocenters. The summed E-state index contributed by atoms with van der Waals surface area (Å²) in [4.78, 5) is 26.0. The van der Waals surface area contributed by atoms with Gasteiger partial charge in [0.15, 0.2) is 5.54 Å². The van der Waals surface area contributed by atoms with Crippen LogP contribution in [0.25, 0.3) is 0 Å². The number of aliphatic carboxylic acids is 1. The van der Waals surface area contributed by atoms with E-state index < -0.39 is 11.5 Å². The van der Waals surface area contributed by atoms with Crippen molar-refractivity contribution in [1.29, 1.82) is 0 Å². The lowest BCUT2D eigenvalue weighted by Gasteiger charge is -2.39. The Labute approximate surface area is 139 Å². The third-order valence-electron chi connectivity index (χ3n) is 4.79.